The van der Waals surface area contributed by atoms with Crippen molar-refractivity contribution >= 4 is 15.9 Å². The summed E-state index contributed by atoms with van der Waals surface area (Å²) < 4.78 is 12.3. The summed E-state index contributed by atoms with van der Waals surface area (Å²) in [5.41, 5.74) is 1.14. The molecule has 0 spiro atoms. The zero-order valence-corrected chi connectivity index (χ0v) is 14.3. The van der Waals surface area contributed by atoms with Gasteiger partial charge in [0.1, 0.15) is 11.5 Å². The Morgan fingerprint density at radius 1 is 1.24 bits per heavy atom. The Morgan fingerprint density at radius 3 is 2.67 bits per heavy atom. The van der Waals surface area contributed by atoms with Gasteiger partial charge in [-0.05, 0) is 72.6 Å². The molecule has 1 heterocycles. The lowest BCUT2D eigenvalue weighted by Crippen LogP contribution is -2.22. The Hall–Kier alpha value is -1.26. The highest BCUT2D eigenvalue weighted by molar-refractivity contribution is 9.10. The van der Waals surface area contributed by atoms with Crippen molar-refractivity contribution in [3.05, 3.63) is 52.4 Å². The minimum Gasteiger partial charge on any atom is -0.491 e. The molecule has 0 aliphatic heterocycles. The van der Waals surface area contributed by atoms with Crippen LogP contribution in [-0.2, 0) is 0 Å². The van der Waals surface area contributed by atoms with Crippen LogP contribution in [0.5, 0.6) is 5.75 Å². The van der Waals surface area contributed by atoms with Crippen LogP contribution in [0.1, 0.15) is 44.6 Å². The molecule has 0 fully saturated rings. The number of rotatable bonds is 7. The summed E-state index contributed by atoms with van der Waals surface area (Å²) >= 11 is 3.37. The second kappa shape index (κ2) is 7.66. The van der Waals surface area contributed by atoms with Crippen molar-refractivity contribution < 1.29 is 9.15 Å². The minimum absolute atomic E-state index is 0.0342. The molecule has 2 rings (SSSR count). The van der Waals surface area contributed by atoms with Crippen molar-refractivity contribution in [1.82, 2.24) is 5.32 Å². The molecule has 4 heteroatoms. The highest BCUT2D eigenvalue weighted by atomic mass is 79.9. The number of halogens is 1. The summed E-state index contributed by atoms with van der Waals surface area (Å²) in [7, 11) is 0. The number of benzene rings is 1. The fraction of sp³-hybridized carbons (Fsp3) is 0.412. The van der Waals surface area contributed by atoms with Crippen LogP contribution in [0, 0.1) is 0 Å². The zero-order valence-electron chi connectivity index (χ0n) is 12.7. The SMILES string of the molecule is CCCNC(c1cccc(OC(C)C)c1)c1ccc(Br)o1. The molecular weight excluding hydrogens is 330 g/mol. The predicted molar refractivity (Wildman–Crippen MR) is 88.8 cm³/mol. The van der Waals surface area contributed by atoms with Crippen molar-refractivity contribution in [2.45, 2.75) is 39.3 Å². The molecule has 0 amide bonds. The summed E-state index contributed by atoms with van der Waals surface area (Å²) in [5, 5.41) is 3.53. The maximum atomic E-state index is 5.78. The van der Waals surface area contributed by atoms with Gasteiger partial charge in [0.25, 0.3) is 0 Å². The Bertz CT molecular complexity index is 565. The quantitative estimate of drug-likeness (QED) is 0.768. The molecule has 1 aromatic heterocycles. The Kier molecular flexibility index (Phi) is 5.88. The number of hydrogen-bond donors (Lipinski definition) is 1. The largest absolute Gasteiger partial charge is 0.491 e. The molecule has 0 saturated carbocycles. The van der Waals surface area contributed by atoms with E-state index in [2.05, 4.69) is 40.3 Å². The van der Waals surface area contributed by atoms with Crippen molar-refractivity contribution in [2.75, 3.05) is 6.54 Å². The van der Waals surface area contributed by atoms with Crippen LogP contribution < -0.4 is 10.1 Å². The first-order valence-electron chi connectivity index (χ1n) is 7.35. The molecule has 0 radical (unpaired) electrons. The van der Waals surface area contributed by atoms with Crippen molar-refractivity contribution in [3.8, 4) is 5.75 Å². The molecule has 0 saturated heterocycles. The molecule has 1 N–H and O–H groups in total. The third-order valence-corrected chi connectivity index (χ3v) is 3.47. The molecule has 0 bridgehead atoms. The highest BCUT2D eigenvalue weighted by Gasteiger charge is 2.17. The summed E-state index contributed by atoms with van der Waals surface area (Å²) in [6.07, 6.45) is 1.24. The van der Waals surface area contributed by atoms with E-state index >= 15 is 0 Å². The van der Waals surface area contributed by atoms with Gasteiger partial charge in [0.2, 0.25) is 0 Å². The molecule has 2 aromatic rings. The van der Waals surface area contributed by atoms with Gasteiger partial charge < -0.3 is 14.5 Å². The van der Waals surface area contributed by atoms with Crippen LogP contribution in [0.15, 0.2) is 45.5 Å². The number of nitrogens with one attached hydrogen (secondary N) is 1. The van der Waals surface area contributed by atoms with E-state index < -0.39 is 0 Å². The molecular formula is C17H22BrNO2. The third kappa shape index (κ3) is 4.61. The topological polar surface area (TPSA) is 34.4 Å². The third-order valence-electron chi connectivity index (χ3n) is 3.04. The molecule has 1 atom stereocenters. The summed E-state index contributed by atoms with van der Waals surface area (Å²) in [6, 6.07) is 12.1. The Labute approximate surface area is 134 Å². The van der Waals surface area contributed by atoms with Gasteiger partial charge in [-0.1, -0.05) is 19.1 Å². The van der Waals surface area contributed by atoms with E-state index in [4.69, 9.17) is 9.15 Å². The molecule has 3 nitrogen and oxygen atoms in total. The van der Waals surface area contributed by atoms with E-state index in [1.165, 1.54) is 0 Å². The second-order valence-corrected chi connectivity index (χ2v) is 6.05. The first-order chi connectivity index (χ1) is 10.1. The average Bonchev–Trinajstić information content (AvgIpc) is 2.85. The minimum atomic E-state index is 0.0342. The fourth-order valence-corrected chi connectivity index (χ4v) is 2.51. The van der Waals surface area contributed by atoms with Crippen LogP contribution in [-0.4, -0.2) is 12.6 Å². The maximum Gasteiger partial charge on any atom is 0.169 e. The number of furan rings is 1. The molecule has 0 aliphatic carbocycles. The molecule has 1 unspecified atom stereocenters. The van der Waals surface area contributed by atoms with Crippen molar-refractivity contribution in [3.63, 3.8) is 0 Å². The van der Waals surface area contributed by atoms with Gasteiger partial charge in [0, 0.05) is 0 Å². The van der Waals surface area contributed by atoms with Gasteiger partial charge in [0.15, 0.2) is 4.67 Å². The number of hydrogen-bond acceptors (Lipinski definition) is 3. The Balaban J connectivity index is 2.27. The van der Waals surface area contributed by atoms with Gasteiger partial charge in [0.05, 0.1) is 12.1 Å². The van der Waals surface area contributed by atoms with E-state index in [1.54, 1.807) is 0 Å². The lowest BCUT2D eigenvalue weighted by atomic mass is 10.0. The summed E-state index contributed by atoms with van der Waals surface area (Å²) in [5.74, 6) is 1.79. The van der Waals surface area contributed by atoms with Gasteiger partial charge in [-0.15, -0.1) is 0 Å². The maximum absolute atomic E-state index is 5.78. The highest BCUT2D eigenvalue weighted by Crippen LogP contribution is 2.28. The van der Waals surface area contributed by atoms with Crippen LogP contribution in [0.2, 0.25) is 0 Å². The second-order valence-electron chi connectivity index (χ2n) is 5.27. The van der Waals surface area contributed by atoms with Crippen LogP contribution in [0.3, 0.4) is 0 Å². The van der Waals surface area contributed by atoms with E-state index in [0.717, 1.165) is 34.7 Å². The summed E-state index contributed by atoms with van der Waals surface area (Å²) in [6.45, 7) is 7.14. The van der Waals surface area contributed by atoms with Crippen molar-refractivity contribution in [1.29, 1.82) is 0 Å². The monoisotopic (exact) mass is 351 g/mol. The van der Waals surface area contributed by atoms with Gasteiger partial charge in [-0.25, -0.2) is 0 Å². The first kappa shape index (κ1) is 16.1. The first-order valence-corrected chi connectivity index (χ1v) is 8.14. The summed E-state index contributed by atoms with van der Waals surface area (Å²) in [4.78, 5) is 0. The molecule has 0 aliphatic rings. The van der Waals surface area contributed by atoms with Gasteiger partial charge in [-0.2, -0.15) is 0 Å². The van der Waals surface area contributed by atoms with Crippen LogP contribution >= 0.6 is 15.9 Å². The smallest absolute Gasteiger partial charge is 0.169 e. The molecule has 114 valence electrons. The van der Waals surface area contributed by atoms with E-state index in [1.807, 2.05) is 38.1 Å². The van der Waals surface area contributed by atoms with E-state index in [9.17, 15) is 0 Å². The lowest BCUT2D eigenvalue weighted by Gasteiger charge is -2.18. The zero-order chi connectivity index (χ0) is 15.2. The average molecular weight is 352 g/mol. The van der Waals surface area contributed by atoms with Crippen LogP contribution in [0.25, 0.3) is 0 Å². The van der Waals surface area contributed by atoms with Crippen LogP contribution in [0.4, 0.5) is 0 Å². The van der Waals surface area contributed by atoms with E-state index in [0.29, 0.717) is 0 Å². The standard InChI is InChI=1S/C17H22BrNO2/c1-4-10-19-17(15-8-9-16(18)21-15)13-6-5-7-14(11-13)20-12(2)3/h5-9,11-12,17,19H,4,10H2,1-3H3. The Morgan fingerprint density at radius 2 is 2.05 bits per heavy atom. The van der Waals surface area contributed by atoms with E-state index in [-0.39, 0.29) is 12.1 Å². The molecule has 1 aromatic carbocycles. The normalized spacial score (nSPS) is 12.6. The van der Waals surface area contributed by atoms with Crippen molar-refractivity contribution in [2.24, 2.45) is 0 Å². The number of ether oxygens (including phenoxy) is 1. The molecule has 21 heavy (non-hydrogen) atoms. The predicted octanol–water partition coefficient (Wildman–Crippen LogP) is 4.92. The van der Waals surface area contributed by atoms with Gasteiger partial charge >= 0.3 is 0 Å². The lowest BCUT2D eigenvalue weighted by molar-refractivity contribution is 0.242. The fourth-order valence-electron chi connectivity index (χ4n) is 2.19. The van der Waals surface area contributed by atoms with Gasteiger partial charge in [-0.3, -0.25) is 0 Å².